The monoisotopic (exact) mass is 299 g/mol. The molecule has 0 amide bonds. The Bertz CT molecular complexity index is 890. The lowest BCUT2D eigenvalue weighted by molar-refractivity contribution is 0.596. The molecule has 1 heterocycles. The number of fused-ring (bicyclic) bond motifs is 1. The summed E-state index contributed by atoms with van der Waals surface area (Å²) in [6, 6.07) is 14.6. The molecule has 1 N–H and O–H groups in total. The van der Waals surface area contributed by atoms with Crippen LogP contribution in [0.15, 0.2) is 58.3 Å². The maximum absolute atomic E-state index is 12.9. The van der Waals surface area contributed by atoms with E-state index >= 15 is 0 Å². The smallest absolute Gasteiger partial charge is 0.208 e. The molecule has 0 aliphatic carbocycles. The minimum absolute atomic E-state index is 0.340. The first-order valence-electron chi connectivity index (χ1n) is 6.95. The predicted molar refractivity (Wildman–Crippen MR) is 84.3 cm³/mol. The van der Waals surface area contributed by atoms with Gasteiger partial charge in [-0.3, -0.25) is 0 Å². The summed E-state index contributed by atoms with van der Waals surface area (Å²) in [5, 5.41) is 0.745. The normalized spacial score (nSPS) is 11.9. The number of aryl methyl sites for hydroxylation is 2. The van der Waals surface area contributed by atoms with Crippen LogP contribution in [0.5, 0.6) is 0 Å². The zero-order chi connectivity index (χ0) is 15.0. The van der Waals surface area contributed by atoms with Gasteiger partial charge in [0, 0.05) is 16.6 Å². The average molecular weight is 299 g/mol. The Morgan fingerprint density at radius 1 is 1.00 bits per heavy atom. The Labute approximate surface area is 124 Å². The van der Waals surface area contributed by atoms with Crippen LogP contribution in [0, 0.1) is 6.92 Å². The largest absolute Gasteiger partial charge is 0.358 e. The van der Waals surface area contributed by atoms with Crippen molar-refractivity contribution in [3.8, 4) is 0 Å². The fourth-order valence-corrected chi connectivity index (χ4v) is 4.27. The second-order valence-electron chi connectivity index (χ2n) is 5.13. The third-order valence-corrected chi connectivity index (χ3v) is 5.70. The number of hydrogen-bond donors (Lipinski definition) is 1. The highest BCUT2D eigenvalue weighted by atomic mass is 32.2. The van der Waals surface area contributed by atoms with Gasteiger partial charge in [0.15, 0.2) is 0 Å². The van der Waals surface area contributed by atoms with E-state index in [4.69, 9.17) is 0 Å². The molecule has 3 rings (SSSR count). The second kappa shape index (κ2) is 5.04. The Balaban J connectivity index is 2.22. The van der Waals surface area contributed by atoms with Gasteiger partial charge >= 0.3 is 0 Å². The molecular weight excluding hydrogens is 282 g/mol. The van der Waals surface area contributed by atoms with Gasteiger partial charge in [-0.2, -0.15) is 0 Å². The summed E-state index contributed by atoms with van der Waals surface area (Å²) in [6.07, 6.45) is 0.895. The zero-order valence-corrected chi connectivity index (χ0v) is 12.9. The minimum Gasteiger partial charge on any atom is -0.358 e. The molecule has 0 spiro atoms. The van der Waals surface area contributed by atoms with E-state index in [-0.39, 0.29) is 0 Å². The summed E-state index contributed by atoms with van der Waals surface area (Å²) in [4.78, 5) is 3.86. The molecule has 0 unspecified atom stereocenters. The first-order chi connectivity index (χ1) is 10.0. The van der Waals surface area contributed by atoms with Crippen molar-refractivity contribution in [1.82, 2.24) is 4.98 Å². The molecular formula is C17H17NO2S. The van der Waals surface area contributed by atoms with E-state index in [9.17, 15) is 8.42 Å². The van der Waals surface area contributed by atoms with Crippen molar-refractivity contribution >= 4 is 20.7 Å². The van der Waals surface area contributed by atoms with E-state index in [1.54, 1.807) is 19.1 Å². The number of para-hydroxylation sites is 1. The van der Waals surface area contributed by atoms with Crippen molar-refractivity contribution in [2.75, 3.05) is 0 Å². The lowest BCUT2D eigenvalue weighted by atomic mass is 10.2. The number of rotatable bonds is 3. The fraction of sp³-hybridized carbons (Fsp3) is 0.176. The molecule has 0 fully saturated rings. The van der Waals surface area contributed by atoms with Gasteiger partial charge in [0.2, 0.25) is 9.84 Å². The lowest BCUT2D eigenvalue weighted by Gasteiger charge is -2.06. The van der Waals surface area contributed by atoms with Crippen LogP contribution in [-0.2, 0) is 16.3 Å². The number of benzene rings is 2. The van der Waals surface area contributed by atoms with Crippen molar-refractivity contribution in [2.24, 2.45) is 0 Å². The van der Waals surface area contributed by atoms with Gasteiger partial charge in [0.05, 0.1) is 9.79 Å². The van der Waals surface area contributed by atoms with Gasteiger partial charge in [-0.1, -0.05) is 37.3 Å². The van der Waals surface area contributed by atoms with E-state index in [1.807, 2.05) is 43.3 Å². The molecule has 3 aromatic rings. The van der Waals surface area contributed by atoms with E-state index in [1.165, 1.54) is 0 Å². The maximum atomic E-state index is 12.9. The van der Waals surface area contributed by atoms with Crippen molar-refractivity contribution in [3.63, 3.8) is 0 Å². The first-order valence-corrected chi connectivity index (χ1v) is 8.43. The van der Waals surface area contributed by atoms with Crippen LogP contribution < -0.4 is 0 Å². The highest BCUT2D eigenvalue weighted by Gasteiger charge is 2.24. The molecule has 0 aliphatic rings. The van der Waals surface area contributed by atoms with Gasteiger partial charge in [-0.15, -0.1) is 0 Å². The third kappa shape index (κ3) is 2.25. The molecule has 0 radical (unpaired) electrons. The average Bonchev–Trinajstić information content (AvgIpc) is 2.83. The van der Waals surface area contributed by atoms with Crippen molar-refractivity contribution in [1.29, 1.82) is 0 Å². The summed E-state index contributed by atoms with van der Waals surface area (Å²) in [7, 11) is -3.51. The van der Waals surface area contributed by atoms with E-state index < -0.39 is 9.84 Å². The van der Waals surface area contributed by atoms with E-state index in [2.05, 4.69) is 4.98 Å². The van der Waals surface area contributed by atoms with Crippen molar-refractivity contribution in [2.45, 2.75) is 30.1 Å². The highest BCUT2D eigenvalue weighted by molar-refractivity contribution is 7.91. The Morgan fingerprint density at radius 2 is 1.67 bits per heavy atom. The number of sulfone groups is 1. The minimum atomic E-state index is -3.51. The molecule has 2 aromatic carbocycles. The molecule has 0 atom stereocenters. The van der Waals surface area contributed by atoms with Crippen LogP contribution >= 0.6 is 0 Å². The predicted octanol–water partition coefficient (Wildman–Crippen LogP) is 3.87. The van der Waals surface area contributed by atoms with Gasteiger partial charge in [-0.05, 0) is 37.1 Å². The maximum Gasteiger partial charge on any atom is 0.208 e. The molecule has 1 aromatic heterocycles. The topological polar surface area (TPSA) is 49.9 Å². The SMILES string of the molecule is CCc1ccc(S(=O)(=O)c2c(C)[nH]c3ccccc23)cc1. The van der Waals surface area contributed by atoms with Crippen LogP contribution in [0.2, 0.25) is 0 Å². The lowest BCUT2D eigenvalue weighted by Crippen LogP contribution is -2.03. The first kappa shape index (κ1) is 13.9. The van der Waals surface area contributed by atoms with Crippen LogP contribution in [0.4, 0.5) is 0 Å². The summed E-state index contributed by atoms with van der Waals surface area (Å²) in [6.45, 7) is 3.85. The van der Waals surface area contributed by atoms with E-state index in [0.29, 0.717) is 15.5 Å². The van der Waals surface area contributed by atoms with Gasteiger partial charge in [-0.25, -0.2) is 8.42 Å². The Hall–Kier alpha value is -2.07. The van der Waals surface area contributed by atoms with Gasteiger partial charge < -0.3 is 4.98 Å². The Kier molecular flexibility index (Phi) is 3.33. The standard InChI is InChI=1S/C17H17NO2S/c1-3-13-8-10-14(11-9-13)21(19,20)17-12(2)18-16-7-5-4-6-15(16)17/h4-11,18H,3H2,1-2H3. The summed E-state index contributed by atoms with van der Waals surface area (Å²) in [5.74, 6) is 0. The van der Waals surface area contributed by atoms with Gasteiger partial charge in [0.25, 0.3) is 0 Å². The molecule has 0 saturated carbocycles. The molecule has 0 aliphatic heterocycles. The van der Waals surface area contributed by atoms with E-state index in [0.717, 1.165) is 22.9 Å². The number of hydrogen-bond acceptors (Lipinski definition) is 2. The molecule has 3 nitrogen and oxygen atoms in total. The molecule has 108 valence electrons. The van der Waals surface area contributed by atoms with Crippen LogP contribution in [0.25, 0.3) is 10.9 Å². The number of nitrogens with one attached hydrogen (secondary N) is 1. The molecule has 4 heteroatoms. The summed E-state index contributed by atoms with van der Waals surface area (Å²) >= 11 is 0. The van der Waals surface area contributed by atoms with Crippen LogP contribution in [0.1, 0.15) is 18.2 Å². The third-order valence-electron chi connectivity index (χ3n) is 3.75. The zero-order valence-electron chi connectivity index (χ0n) is 12.1. The van der Waals surface area contributed by atoms with Crippen molar-refractivity contribution in [3.05, 3.63) is 59.8 Å². The number of aromatic amines is 1. The number of H-pyrrole nitrogens is 1. The fourth-order valence-electron chi connectivity index (χ4n) is 2.62. The van der Waals surface area contributed by atoms with Crippen LogP contribution in [0.3, 0.4) is 0 Å². The number of aromatic nitrogens is 1. The molecule has 0 saturated heterocycles. The molecule has 0 bridgehead atoms. The Morgan fingerprint density at radius 3 is 2.33 bits per heavy atom. The second-order valence-corrected chi connectivity index (χ2v) is 7.01. The van der Waals surface area contributed by atoms with Crippen molar-refractivity contribution < 1.29 is 8.42 Å². The van der Waals surface area contributed by atoms with Crippen LogP contribution in [-0.4, -0.2) is 13.4 Å². The highest BCUT2D eigenvalue weighted by Crippen LogP contribution is 2.31. The summed E-state index contributed by atoms with van der Waals surface area (Å²) in [5.41, 5.74) is 2.65. The summed E-state index contributed by atoms with van der Waals surface area (Å²) < 4.78 is 25.8. The quantitative estimate of drug-likeness (QED) is 0.798. The molecule has 21 heavy (non-hydrogen) atoms. The van der Waals surface area contributed by atoms with Gasteiger partial charge in [0.1, 0.15) is 0 Å².